The predicted molar refractivity (Wildman–Crippen MR) is 122 cm³/mol. The zero-order chi connectivity index (χ0) is 21.9. The van der Waals surface area contributed by atoms with Crippen LogP contribution in [0.4, 0.5) is 0 Å². The fraction of sp³-hybridized carbons (Fsp3) is 0.286. The topological polar surface area (TPSA) is 95.5 Å². The van der Waals surface area contributed by atoms with Crippen molar-refractivity contribution >= 4 is 40.7 Å². The van der Waals surface area contributed by atoms with Crippen molar-refractivity contribution in [3.63, 3.8) is 0 Å². The SMILES string of the molecule is CCOC(=O)C(C)Oc1cc(Cl)c(C=NN=C(N)SCc2ccccc2)cc1OC. The van der Waals surface area contributed by atoms with E-state index in [1.165, 1.54) is 25.1 Å². The minimum absolute atomic E-state index is 0.271. The van der Waals surface area contributed by atoms with Gasteiger partial charge in [-0.3, -0.25) is 0 Å². The van der Waals surface area contributed by atoms with Crippen LogP contribution < -0.4 is 15.2 Å². The first-order valence-electron chi connectivity index (χ1n) is 9.18. The van der Waals surface area contributed by atoms with Crippen molar-refractivity contribution in [3.8, 4) is 11.5 Å². The van der Waals surface area contributed by atoms with Crippen LogP contribution in [0.25, 0.3) is 0 Å². The number of carbonyl (C=O) groups excluding carboxylic acids is 1. The van der Waals surface area contributed by atoms with E-state index in [0.717, 1.165) is 5.56 Å². The maximum absolute atomic E-state index is 11.8. The molecule has 1 unspecified atom stereocenters. The summed E-state index contributed by atoms with van der Waals surface area (Å²) in [4.78, 5) is 11.8. The summed E-state index contributed by atoms with van der Waals surface area (Å²) in [5, 5.41) is 8.67. The van der Waals surface area contributed by atoms with Gasteiger partial charge in [0, 0.05) is 17.4 Å². The van der Waals surface area contributed by atoms with E-state index >= 15 is 0 Å². The summed E-state index contributed by atoms with van der Waals surface area (Å²) in [6, 6.07) is 13.1. The van der Waals surface area contributed by atoms with Gasteiger partial charge >= 0.3 is 5.97 Å². The van der Waals surface area contributed by atoms with Crippen molar-refractivity contribution in [2.45, 2.75) is 25.7 Å². The Balaban J connectivity index is 2.05. The van der Waals surface area contributed by atoms with E-state index in [9.17, 15) is 4.79 Å². The Morgan fingerprint density at radius 2 is 2.00 bits per heavy atom. The highest BCUT2D eigenvalue weighted by Gasteiger charge is 2.19. The quantitative estimate of drug-likeness (QED) is 0.266. The largest absolute Gasteiger partial charge is 0.493 e. The van der Waals surface area contributed by atoms with Crippen LogP contribution in [0.5, 0.6) is 11.5 Å². The molecule has 7 nitrogen and oxygen atoms in total. The van der Waals surface area contributed by atoms with Gasteiger partial charge in [-0.2, -0.15) is 5.10 Å². The molecular formula is C21H24ClN3O4S. The third-order valence-electron chi connectivity index (χ3n) is 3.79. The van der Waals surface area contributed by atoms with Gasteiger partial charge in [-0.05, 0) is 25.5 Å². The summed E-state index contributed by atoms with van der Waals surface area (Å²) < 4.78 is 15.9. The van der Waals surface area contributed by atoms with Crippen LogP contribution >= 0.6 is 23.4 Å². The summed E-state index contributed by atoms with van der Waals surface area (Å²) >= 11 is 7.70. The standard InChI is InChI=1S/C21H24ClN3O4S/c1-4-28-20(26)14(2)29-19-11-17(22)16(10-18(19)27-3)12-24-25-21(23)30-13-15-8-6-5-7-9-15/h5-12,14H,4,13H2,1-3H3,(H2,23,25). The third-order valence-corrected chi connectivity index (χ3v) is 4.97. The predicted octanol–water partition coefficient (Wildman–Crippen LogP) is 4.26. The average Bonchev–Trinajstić information content (AvgIpc) is 2.74. The van der Waals surface area contributed by atoms with E-state index in [2.05, 4.69) is 10.2 Å². The molecule has 2 N–H and O–H groups in total. The Morgan fingerprint density at radius 3 is 2.67 bits per heavy atom. The summed E-state index contributed by atoms with van der Waals surface area (Å²) in [5.41, 5.74) is 7.60. The van der Waals surface area contributed by atoms with Gasteiger partial charge in [0.15, 0.2) is 22.8 Å². The second kappa shape index (κ2) is 12.1. The Bertz CT molecular complexity index is 907. The van der Waals surface area contributed by atoms with Crippen molar-refractivity contribution in [1.82, 2.24) is 0 Å². The highest BCUT2D eigenvalue weighted by atomic mass is 35.5. The lowest BCUT2D eigenvalue weighted by Gasteiger charge is -2.16. The number of esters is 1. The van der Waals surface area contributed by atoms with E-state index in [-0.39, 0.29) is 6.61 Å². The van der Waals surface area contributed by atoms with Crippen LogP contribution in [0.3, 0.4) is 0 Å². The first-order chi connectivity index (χ1) is 14.4. The maximum atomic E-state index is 11.8. The molecule has 0 aliphatic heterocycles. The van der Waals surface area contributed by atoms with Crippen LogP contribution in [-0.4, -0.2) is 37.2 Å². The molecule has 0 radical (unpaired) electrons. The highest BCUT2D eigenvalue weighted by Crippen LogP contribution is 2.33. The number of thioether (sulfide) groups is 1. The molecule has 1 atom stereocenters. The monoisotopic (exact) mass is 449 g/mol. The van der Waals surface area contributed by atoms with Crippen molar-refractivity contribution in [2.24, 2.45) is 15.9 Å². The van der Waals surface area contributed by atoms with Gasteiger partial charge in [0.1, 0.15) is 0 Å². The van der Waals surface area contributed by atoms with Gasteiger partial charge in [0.2, 0.25) is 0 Å². The van der Waals surface area contributed by atoms with Gasteiger partial charge < -0.3 is 19.9 Å². The second-order valence-electron chi connectivity index (χ2n) is 5.99. The zero-order valence-electron chi connectivity index (χ0n) is 17.0. The third kappa shape index (κ3) is 7.27. The van der Waals surface area contributed by atoms with Crippen molar-refractivity contribution < 1.29 is 19.0 Å². The molecule has 30 heavy (non-hydrogen) atoms. The highest BCUT2D eigenvalue weighted by molar-refractivity contribution is 8.13. The van der Waals surface area contributed by atoms with Crippen molar-refractivity contribution in [1.29, 1.82) is 0 Å². The van der Waals surface area contributed by atoms with Crippen molar-refractivity contribution in [2.75, 3.05) is 13.7 Å². The molecular weight excluding hydrogens is 426 g/mol. The molecule has 0 spiro atoms. The van der Waals surface area contributed by atoms with Gasteiger partial charge in [-0.1, -0.05) is 53.7 Å². The summed E-state index contributed by atoms with van der Waals surface area (Å²) in [5.74, 6) is 0.943. The molecule has 0 aliphatic rings. The molecule has 0 fully saturated rings. The Hall–Kier alpha value is -2.71. The number of nitrogens with two attached hydrogens (primary N) is 1. The van der Waals surface area contributed by atoms with Gasteiger partial charge in [-0.25, -0.2) is 4.79 Å². The van der Waals surface area contributed by atoms with Crippen LogP contribution in [0.15, 0.2) is 52.7 Å². The summed E-state index contributed by atoms with van der Waals surface area (Å²) in [6.07, 6.45) is 0.666. The first kappa shape index (κ1) is 23.6. The summed E-state index contributed by atoms with van der Waals surface area (Å²) in [6.45, 7) is 3.59. The van der Waals surface area contributed by atoms with Crippen LogP contribution in [0, 0.1) is 0 Å². The Labute approximate surface area is 185 Å². The van der Waals surface area contributed by atoms with E-state index < -0.39 is 12.1 Å². The molecule has 0 aliphatic carbocycles. The van der Waals surface area contributed by atoms with Crippen LogP contribution in [-0.2, 0) is 15.3 Å². The molecule has 0 bridgehead atoms. The molecule has 0 saturated carbocycles. The zero-order valence-corrected chi connectivity index (χ0v) is 18.6. The first-order valence-corrected chi connectivity index (χ1v) is 10.5. The number of carbonyl (C=O) groups is 1. The number of nitrogens with zero attached hydrogens (tertiary/aromatic N) is 2. The van der Waals surface area contributed by atoms with E-state index in [1.54, 1.807) is 26.0 Å². The molecule has 0 saturated heterocycles. The average molecular weight is 450 g/mol. The molecule has 0 heterocycles. The Kier molecular flexibility index (Phi) is 9.50. The lowest BCUT2D eigenvalue weighted by molar-refractivity contribution is -0.150. The lowest BCUT2D eigenvalue weighted by atomic mass is 10.2. The summed E-state index contributed by atoms with van der Waals surface area (Å²) in [7, 11) is 1.49. The van der Waals surface area contributed by atoms with Crippen LogP contribution in [0.2, 0.25) is 5.02 Å². The minimum atomic E-state index is -0.805. The second-order valence-corrected chi connectivity index (χ2v) is 7.40. The van der Waals surface area contributed by atoms with Crippen LogP contribution in [0.1, 0.15) is 25.0 Å². The normalized spacial score (nSPS) is 12.6. The van der Waals surface area contributed by atoms with E-state index in [0.29, 0.717) is 33.0 Å². The Morgan fingerprint density at radius 1 is 1.27 bits per heavy atom. The molecule has 0 aromatic heterocycles. The fourth-order valence-corrected chi connectivity index (χ4v) is 3.12. The fourth-order valence-electron chi connectivity index (χ4n) is 2.31. The molecule has 2 aromatic carbocycles. The van der Waals surface area contributed by atoms with E-state index in [1.807, 2.05) is 30.3 Å². The number of methoxy groups -OCH3 is 1. The number of rotatable bonds is 9. The lowest BCUT2D eigenvalue weighted by Crippen LogP contribution is -2.26. The number of halogens is 1. The number of hydrogen-bond donors (Lipinski definition) is 1. The molecule has 0 amide bonds. The minimum Gasteiger partial charge on any atom is -0.493 e. The van der Waals surface area contributed by atoms with Gasteiger partial charge in [-0.15, -0.1) is 5.10 Å². The molecule has 160 valence electrons. The number of amidine groups is 1. The molecule has 2 aromatic rings. The van der Waals surface area contributed by atoms with Crippen molar-refractivity contribution in [3.05, 3.63) is 58.6 Å². The number of hydrogen-bond acceptors (Lipinski definition) is 7. The van der Waals surface area contributed by atoms with Gasteiger partial charge in [0.25, 0.3) is 0 Å². The van der Waals surface area contributed by atoms with E-state index in [4.69, 9.17) is 31.5 Å². The maximum Gasteiger partial charge on any atom is 0.347 e. The van der Waals surface area contributed by atoms with Gasteiger partial charge in [0.05, 0.1) is 25.0 Å². The smallest absolute Gasteiger partial charge is 0.347 e. The molecule has 2 rings (SSSR count). The number of ether oxygens (including phenoxy) is 3. The number of benzene rings is 2. The molecule has 9 heteroatoms.